The second kappa shape index (κ2) is 3.09. The predicted octanol–water partition coefficient (Wildman–Crippen LogP) is 1.26. The highest BCUT2D eigenvalue weighted by Gasteiger charge is 2.04. The minimum atomic E-state index is -2.28. The maximum atomic E-state index is 10.4. The van der Waals surface area contributed by atoms with Gasteiger partial charge in [0.2, 0.25) is 16.0 Å². The van der Waals surface area contributed by atoms with Crippen LogP contribution in [0.3, 0.4) is 0 Å². The number of hydrogen-bond donors (Lipinski definition) is 1. The first-order valence-corrected chi connectivity index (χ1v) is 4.07. The van der Waals surface area contributed by atoms with Crippen molar-refractivity contribution in [3.8, 4) is 0 Å². The van der Waals surface area contributed by atoms with Crippen LogP contribution >= 0.6 is 11.6 Å². The molecule has 0 aliphatic heterocycles. The van der Waals surface area contributed by atoms with E-state index in [1.54, 1.807) is 0 Å². The minimum absolute atomic E-state index is 0.291. The number of aromatic nitrogens is 1. The lowest BCUT2D eigenvalue weighted by molar-refractivity contribution is 0.519. The highest BCUT2D eigenvalue weighted by atomic mass is 35.5. The van der Waals surface area contributed by atoms with Crippen molar-refractivity contribution in [2.24, 2.45) is 0 Å². The zero-order valence-electron chi connectivity index (χ0n) is 4.86. The molecule has 0 saturated carbocycles. The van der Waals surface area contributed by atoms with Gasteiger partial charge >= 0.3 is 0 Å². The maximum Gasteiger partial charge on any atom is 0.236 e. The summed E-state index contributed by atoms with van der Waals surface area (Å²) in [4.78, 5) is 3.91. The second-order valence-electron chi connectivity index (χ2n) is 1.61. The van der Waals surface area contributed by atoms with Crippen molar-refractivity contribution in [3.05, 3.63) is 23.5 Å². The zero-order chi connectivity index (χ0) is 7.56. The van der Waals surface area contributed by atoms with Crippen LogP contribution in [0.15, 0.2) is 23.2 Å². The third kappa shape index (κ3) is 1.76. The highest BCUT2D eigenvalue weighted by molar-refractivity contribution is 7.79. The maximum absolute atomic E-state index is 10.4. The molecule has 1 unspecified atom stereocenters. The lowest BCUT2D eigenvalue weighted by Gasteiger charge is -1.86. The van der Waals surface area contributed by atoms with Crippen molar-refractivity contribution in [1.82, 2.24) is 4.98 Å². The molecule has 0 radical (unpaired) electrons. The van der Waals surface area contributed by atoms with Crippen LogP contribution in [-0.2, 0) is 15.3 Å². The van der Waals surface area contributed by atoms with Crippen molar-refractivity contribution in [3.63, 3.8) is 0 Å². The number of hydrogen-bond acceptors (Lipinski definition) is 2. The highest BCUT2D eigenvalue weighted by Crippen LogP contribution is 2.07. The van der Waals surface area contributed by atoms with Gasteiger partial charge in [-0.1, -0.05) is 15.8 Å². The molecule has 0 spiro atoms. The van der Waals surface area contributed by atoms with E-state index in [9.17, 15) is 4.21 Å². The largest absolute Gasteiger partial charge is 0.239 e. The van der Waals surface area contributed by atoms with Crippen LogP contribution in [0.5, 0.6) is 0 Å². The third-order valence-electron chi connectivity index (χ3n) is 0.933. The summed E-state index contributed by atoms with van der Waals surface area (Å²) < 4.78 is 18.9. The van der Waals surface area contributed by atoms with Crippen molar-refractivity contribution in [2.45, 2.75) is 4.90 Å². The molecule has 5 heteroatoms. The van der Waals surface area contributed by atoms with Crippen LogP contribution in [0.25, 0.3) is 0 Å². The topological polar surface area (TPSA) is 50.2 Å². The molecule has 0 aliphatic carbocycles. The lowest BCUT2D eigenvalue weighted by Crippen LogP contribution is -1.87. The molecule has 1 atom stereocenters. The van der Waals surface area contributed by atoms with E-state index in [-0.39, 0.29) is 0 Å². The Labute approximate surface area is 65.3 Å². The average molecular weight is 179 g/mol. The monoisotopic (exact) mass is 178 g/mol. The number of pyridine rings is 1. The molecule has 1 aromatic rings. The van der Waals surface area contributed by atoms with Gasteiger partial charge in [-0.05, 0) is 6.07 Å². The normalized spacial score (nSPS) is 13.0. The first kappa shape index (κ1) is 7.65. The molecule has 1 rings (SSSR count). The van der Waals surface area contributed by atoms with Gasteiger partial charge in [-0.25, -0.2) is 4.98 Å². The zero-order valence-corrected chi connectivity index (χ0v) is 6.51. The molecule has 1 aromatic heterocycles. The fourth-order valence-electron chi connectivity index (χ4n) is 0.481. The van der Waals surface area contributed by atoms with Gasteiger partial charge in [0.25, 0.3) is 0 Å². The van der Waals surface area contributed by atoms with Crippen LogP contribution in [0, 0.1) is 0 Å². The lowest BCUT2D eigenvalue weighted by atomic mass is 10.5. The first-order valence-electron chi connectivity index (χ1n) is 2.48. The summed E-state index contributed by atoms with van der Waals surface area (Å²) in [5.41, 5.74) is 0. The van der Waals surface area contributed by atoms with Crippen LogP contribution in [0.4, 0.5) is 0 Å². The van der Waals surface area contributed by atoms with Crippen molar-refractivity contribution in [2.75, 3.05) is 0 Å². The third-order valence-corrected chi connectivity index (χ3v) is 1.86. The summed E-state index contributed by atoms with van der Waals surface area (Å²) in [6, 6.07) is 2.94. The Morgan fingerprint density at radius 3 is 2.70 bits per heavy atom. The van der Waals surface area contributed by atoms with Gasteiger partial charge in [-0.3, -0.25) is 0 Å². The van der Waals surface area contributed by atoms with E-state index in [1.165, 1.54) is 18.3 Å². The first-order chi connectivity index (χ1) is 4.70. The fourth-order valence-corrected chi connectivity index (χ4v) is 0.952. The molecule has 0 aliphatic rings. The van der Waals surface area contributed by atoms with Gasteiger partial charge < -0.3 is 0 Å². The Balaban J connectivity index is 3.00. The smallest absolute Gasteiger partial charge is 0.236 e. The van der Waals surface area contributed by atoms with E-state index in [2.05, 4.69) is 4.98 Å². The predicted molar refractivity (Wildman–Crippen MR) is 39.6 cm³/mol. The standard InChI is InChI=1S/C5H4ClNO2S/c6-5-2-1-4(3-7-5)10(8)9/h1-3H,(H,8,9)/p+1. The van der Waals surface area contributed by atoms with Crippen molar-refractivity contribution in [1.29, 1.82) is 0 Å². The van der Waals surface area contributed by atoms with E-state index in [0.29, 0.717) is 10.0 Å². The average Bonchev–Trinajstić information content (AvgIpc) is 1.88. The Bertz CT molecular complexity index is 248. The van der Waals surface area contributed by atoms with Gasteiger partial charge in [-0.15, -0.1) is 0 Å². The summed E-state index contributed by atoms with van der Waals surface area (Å²) in [5.74, 6) is 0. The molecule has 1 heterocycles. The molecule has 0 saturated heterocycles. The van der Waals surface area contributed by atoms with E-state index in [1.807, 2.05) is 0 Å². The molecule has 10 heavy (non-hydrogen) atoms. The van der Waals surface area contributed by atoms with Crippen LogP contribution in [0.2, 0.25) is 5.15 Å². The van der Waals surface area contributed by atoms with Crippen molar-refractivity contribution >= 4 is 22.7 Å². The van der Waals surface area contributed by atoms with Gasteiger partial charge in [-0.2, -0.15) is 4.55 Å². The molecule has 0 aromatic carbocycles. The minimum Gasteiger partial charge on any atom is -0.239 e. The van der Waals surface area contributed by atoms with E-state index in [4.69, 9.17) is 16.2 Å². The Morgan fingerprint density at radius 1 is 1.60 bits per heavy atom. The number of thiol groups is 1. The molecular formula is C5H5ClNO2S+. The SMILES string of the molecule is O=[SH+](O)c1ccc(Cl)nc1. The molecule has 0 fully saturated rings. The van der Waals surface area contributed by atoms with Crippen LogP contribution in [-0.4, -0.2) is 9.54 Å². The number of halogens is 1. The summed E-state index contributed by atoms with van der Waals surface area (Å²) in [7, 11) is 0. The quantitative estimate of drug-likeness (QED) is 0.400. The molecular weight excluding hydrogens is 174 g/mol. The molecule has 0 amide bonds. The molecule has 0 bridgehead atoms. The van der Waals surface area contributed by atoms with Gasteiger partial charge in [0.1, 0.15) is 5.15 Å². The Morgan fingerprint density at radius 2 is 2.30 bits per heavy atom. The van der Waals surface area contributed by atoms with E-state index >= 15 is 0 Å². The number of rotatable bonds is 1. The summed E-state index contributed by atoms with van der Waals surface area (Å²) in [6.45, 7) is 0. The summed E-state index contributed by atoms with van der Waals surface area (Å²) in [6.07, 6.45) is 1.28. The van der Waals surface area contributed by atoms with Crippen molar-refractivity contribution < 1.29 is 8.76 Å². The van der Waals surface area contributed by atoms with Gasteiger partial charge in [0.05, 0.1) is 6.20 Å². The van der Waals surface area contributed by atoms with Crippen LogP contribution in [0.1, 0.15) is 0 Å². The van der Waals surface area contributed by atoms with Gasteiger partial charge in [0, 0.05) is 6.07 Å². The summed E-state index contributed by atoms with van der Waals surface area (Å²) >= 11 is 3.15. The molecule has 3 nitrogen and oxygen atoms in total. The molecule has 1 N–H and O–H groups in total. The second-order valence-corrected chi connectivity index (χ2v) is 3.06. The Hall–Kier alpha value is -0.450. The van der Waals surface area contributed by atoms with E-state index in [0.717, 1.165) is 0 Å². The molecule has 54 valence electrons. The Kier molecular flexibility index (Phi) is 2.37. The number of nitrogens with zero attached hydrogens (tertiary/aromatic N) is 1. The summed E-state index contributed by atoms with van der Waals surface area (Å²) in [5, 5.41) is 0.320. The van der Waals surface area contributed by atoms with Gasteiger partial charge in [0.15, 0.2) is 0 Å². The fraction of sp³-hybridized carbons (Fsp3) is 0. The van der Waals surface area contributed by atoms with E-state index < -0.39 is 11.1 Å². The van der Waals surface area contributed by atoms with Crippen LogP contribution < -0.4 is 0 Å².